The van der Waals surface area contributed by atoms with E-state index in [1.165, 1.54) is 5.01 Å². The normalized spacial score (nSPS) is 22.0. The molecule has 2 heterocycles. The Balaban J connectivity index is 1.26. The lowest BCUT2D eigenvalue weighted by Crippen LogP contribution is -2.59. The van der Waals surface area contributed by atoms with E-state index in [0.717, 1.165) is 37.6 Å². The van der Waals surface area contributed by atoms with Crippen LogP contribution in [0.2, 0.25) is 0 Å². The van der Waals surface area contributed by atoms with Gasteiger partial charge in [0.2, 0.25) is 11.8 Å². The number of morpholine rings is 1. The summed E-state index contributed by atoms with van der Waals surface area (Å²) in [5.74, 6) is -1.14. The maximum atomic E-state index is 13.2. The summed E-state index contributed by atoms with van der Waals surface area (Å²) in [6.45, 7) is 3.70. The van der Waals surface area contributed by atoms with Crippen LogP contribution in [-0.4, -0.2) is 56.0 Å². The molecule has 0 aromatic heterocycles. The van der Waals surface area contributed by atoms with E-state index in [0.29, 0.717) is 30.6 Å². The van der Waals surface area contributed by atoms with Crippen molar-refractivity contribution in [2.75, 3.05) is 43.3 Å². The van der Waals surface area contributed by atoms with Crippen molar-refractivity contribution >= 4 is 29.1 Å². The molecule has 2 aromatic rings. The van der Waals surface area contributed by atoms with Crippen LogP contribution < -0.4 is 15.3 Å². The van der Waals surface area contributed by atoms with Crippen molar-refractivity contribution in [3.8, 4) is 0 Å². The number of benzene rings is 2. The fraction of sp³-hybridized carbons (Fsp3) is 0.370. The van der Waals surface area contributed by atoms with Crippen LogP contribution in [0.3, 0.4) is 0 Å². The van der Waals surface area contributed by atoms with E-state index in [1.54, 1.807) is 36.2 Å². The van der Waals surface area contributed by atoms with Gasteiger partial charge in [-0.05, 0) is 48.7 Å². The predicted molar refractivity (Wildman–Crippen MR) is 133 cm³/mol. The Hall–Kier alpha value is -3.65. The number of hydrogen-bond donors (Lipinski definition) is 1. The molecule has 0 spiro atoms. The molecule has 5 rings (SSSR count). The summed E-state index contributed by atoms with van der Waals surface area (Å²) in [5.41, 5.74) is 5.86. The molecular formula is C27H30N4O4. The average Bonchev–Trinajstić information content (AvgIpc) is 2.91. The van der Waals surface area contributed by atoms with Crippen molar-refractivity contribution in [3.63, 3.8) is 0 Å². The Labute approximate surface area is 205 Å². The lowest BCUT2D eigenvalue weighted by Gasteiger charge is -2.38. The molecule has 2 fully saturated rings. The van der Waals surface area contributed by atoms with E-state index < -0.39 is 0 Å². The highest BCUT2D eigenvalue weighted by Gasteiger charge is 2.42. The number of anilines is 2. The van der Waals surface area contributed by atoms with Gasteiger partial charge in [-0.1, -0.05) is 30.4 Å². The summed E-state index contributed by atoms with van der Waals surface area (Å²) in [4.78, 5) is 42.8. The number of rotatable bonds is 5. The summed E-state index contributed by atoms with van der Waals surface area (Å²) in [6, 6.07) is 15.1. The van der Waals surface area contributed by atoms with Crippen molar-refractivity contribution in [1.82, 2.24) is 10.3 Å². The number of ether oxygens (including phenoxy) is 1. The molecule has 3 amide bonds. The lowest BCUT2D eigenvalue weighted by atomic mass is 9.80. The Morgan fingerprint density at radius 2 is 1.71 bits per heavy atom. The van der Waals surface area contributed by atoms with Crippen LogP contribution in [0.5, 0.6) is 0 Å². The Morgan fingerprint density at radius 3 is 2.46 bits per heavy atom. The number of carbonyl (C=O) groups excluding carboxylic acids is 3. The second-order valence-corrected chi connectivity index (χ2v) is 9.28. The fourth-order valence-corrected chi connectivity index (χ4v) is 4.96. The third-order valence-corrected chi connectivity index (χ3v) is 6.96. The van der Waals surface area contributed by atoms with Crippen LogP contribution in [0.15, 0.2) is 60.7 Å². The Morgan fingerprint density at radius 1 is 1.00 bits per heavy atom. The topological polar surface area (TPSA) is 82.2 Å². The van der Waals surface area contributed by atoms with E-state index >= 15 is 0 Å². The van der Waals surface area contributed by atoms with Crippen LogP contribution >= 0.6 is 0 Å². The van der Waals surface area contributed by atoms with Gasteiger partial charge in [-0.25, -0.2) is 5.01 Å². The van der Waals surface area contributed by atoms with Gasteiger partial charge in [0.05, 0.1) is 30.7 Å². The molecule has 1 N–H and O–H groups in total. The van der Waals surface area contributed by atoms with Crippen molar-refractivity contribution < 1.29 is 19.1 Å². The minimum Gasteiger partial charge on any atom is -0.378 e. The summed E-state index contributed by atoms with van der Waals surface area (Å²) >= 11 is 0. The van der Waals surface area contributed by atoms with Crippen LogP contribution in [0.4, 0.5) is 11.4 Å². The summed E-state index contributed by atoms with van der Waals surface area (Å²) in [7, 11) is 1.76. The maximum Gasteiger partial charge on any atom is 0.253 e. The molecule has 3 aliphatic rings. The summed E-state index contributed by atoms with van der Waals surface area (Å²) < 4.78 is 5.42. The predicted octanol–water partition coefficient (Wildman–Crippen LogP) is 2.76. The highest BCUT2D eigenvalue weighted by atomic mass is 16.5. The number of hydrazine groups is 1. The molecule has 1 aliphatic carbocycles. The molecule has 2 saturated heterocycles. The molecule has 0 saturated carbocycles. The first kappa shape index (κ1) is 23.1. The van der Waals surface area contributed by atoms with Gasteiger partial charge in [0.1, 0.15) is 0 Å². The minimum absolute atomic E-state index is 0.141. The first-order valence-corrected chi connectivity index (χ1v) is 12.1. The maximum absolute atomic E-state index is 13.2. The quantitative estimate of drug-likeness (QED) is 0.674. The van der Waals surface area contributed by atoms with Gasteiger partial charge >= 0.3 is 0 Å². The first-order valence-electron chi connectivity index (χ1n) is 12.1. The lowest BCUT2D eigenvalue weighted by molar-refractivity contribution is -0.139. The van der Waals surface area contributed by atoms with Crippen LogP contribution in [0, 0.1) is 11.8 Å². The highest BCUT2D eigenvalue weighted by molar-refractivity contribution is 6.05. The zero-order chi connectivity index (χ0) is 24.4. The van der Waals surface area contributed by atoms with Crippen molar-refractivity contribution in [2.45, 2.75) is 19.4 Å². The number of nitrogens with zero attached hydrogens (tertiary/aromatic N) is 3. The number of amides is 3. The molecule has 2 aromatic carbocycles. The fourth-order valence-electron chi connectivity index (χ4n) is 4.96. The summed E-state index contributed by atoms with van der Waals surface area (Å²) in [6.07, 6.45) is 5.04. The van der Waals surface area contributed by atoms with Crippen molar-refractivity contribution in [1.29, 1.82) is 0 Å². The summed E-state index contributed by atoms with van der Waals surface area (Å²) in [5, 5.41) is 1.30. The molecule has 182 valence electrons. The van der Waals surface area contributed by atoms with Gasteiger partial charge in [-0.3, -0.25) is 19.8 Å². The Bertz CT molecular complexity index is 1140. The standard InChI is InChI=1S/C27H30N4O4/c1-29(18-19-9-11-21(12-10-19)30-13-15-35-16-14-30)26(33)20-5-4-6-22(17-20)31-27(34)24-8-3-2-7-23(24)25(32)28-31/h2-6,9-12,17,23-24H,7-8,13-16,18H2,1H3,(H,28,32). The molecular weight excluding hydrogens is 444 g/mol. The third-order valence-electron chi connectivity index (χ3n) is 6.96. The number of fused-ring (bicyclic) bond motifs is 1. The van der Waals surface area contributed by atoms with E-state index in [2.05, 4.69) is 22.5 Å². The van der Waals surface area contributed by atoms with E-state index in [4.69, 9.17) is 4.74 Å². The molecule has 2 atom stereocenters. The van der Waals surface area contributed by atoms with Crippen molar-refractivity contribution in [2.24, 2.45) is 11.8 Å². The van der Waals surface area contributed by atoms with E-state index in [1.807, 2.05) is 24.3 Å². The molecule has 8 nitrogen and oxygen atoms in total. The number of allylic oxidation sites excluding steroid dienone is 2. The van der Waals surface area contributed by atoms with Crippen LogP contribution in [-0.2, 0) is 20.9 Å². The molecule has 8 heteroatoms. The van der Waals surface area contributed by atoms with Gasteiger partial charge in [-0.2, -0.15) is 0 Å². The minimum atomic E-state index is -0.365. The van der Waals surface area contributed by atoms with Crippen LogP contribution in [0.1, 0.15) is 28.8 Å². The number of nitrogens with one attached hydrogen (secondary N) is 1. The molecule has 0 bridgehead atoms. The second kappa shape index (κ2) is 9.92. The van der Waals surface area contributed by atoms with E-state index in [9.17, 15) is 14.4 Å². The van der Waals surface area contributed by atoms with E-state index in [-0.39, 0.29) is 29.6 Å². The van der Waals surface area contributed by atoms with Gasteiger partial charge in [0.25, 0.3) is 5.91 Å². The zero-order valence-corrected chi connectivity index (χ0v) is 19.9. The third kappa shape index (κ3) is 4.79. The first-order chi connectivity index (χ1) is 17.0. The van der Waals surface area contributed by atoms with Gasteiger partial charge in [0, 0.05) is 37.9 Å². The molecule has 2 aliphatic heterocycles. The zero-order valence-electron chi connectivity index (χ0n) is 19.9. The average molecular weight is 475 g/mol. The van der Waals surface area contributed by atoms with Gasteiger partial charge in [-0.15, -0.1) is 0 Å². The monoisotopic (exact) mass is 474 g/mol. The SMILES string of the molecule is CN(Cc1ccc(N2CCOCC2)cc1)C(=O)c1cccc(N2NC(=O)C3CC=CCC3C2=O)c1. The number of hydrogen-bond acceptors (Lipinski definition) is 5. The largest absolute Gasteiger partial charge is 0.378 e. The Kier molecular flexibility index (Phi) is 6.55. The highest BCUT2D eigenvalue weighted by Crippen LogP contribution is 2.32. The smallest absolute Gasteiger partial charge is 0.253 e. The van der Waals surface area contributed by atoms with Crippen LogP contribution in [0.25, 0.3) is 0 Å². The number of carbonyl (C=O) groups is 3. The van der Waals surface area contributed by atoms with Crippen molar-refractivity contribution in [3.05, 3.63) is 71.8 Å². The van der Waals surface area contributed by atoms with Gasteiger partial charge in [0.15, 0.2) is 0 Å². The molecule has 0 radical (unpaired) electrons. The second-order valence-electron chi connectivity index (χ2n) is 9.28. The van der Waals surface area contributed by atoms with Gasteiger partial charge < -0.3 is 14.5 Å². The molecule has 35 heavy (non-hydrogen) atoms. The molecule has 2 unspecified atom stereocenters.